The predicted octanol–water partition coefficient (Wildman–Crippen LogP) is 2.05. The summed E-state index contributed by atoms with van der Waals surface area (Å²) in [7, 11) is 0. The van der Waals surface area contributed by atoms with Gasteiger partial charge >= 0.3 is 0 Å². The molecule has 17 heavy (non-hydrogen) atoms. The number of benzene rings is 1. The lowest BCUT2D eigenvalue weighted by molar-refractivity contribution is -0.384. The number of hydrogen-bond acceptors (Lipinski definition) is 4. The average molecular weight is 256 g/mol. The molecule has 5 nitrogen and oxygen atoms in total. The monoisotopic (exact) mass is 255 g/mol. The summed E-state index contributed by atoms with van der Waals surface area (Å²) in [6, 6.07) is 5.00. The molecule has 2 rings (SSSR count). The van der Waals surface area contributed by atoms with Crippen molar-refractivity contribution in [2.45, 2.75) is 13.0 Å². The van der Waals surface area contributed by atoms with E-state index in [0.29, 0.717) is 16.8 Å². The Morgan fingerprint density at radius 2 is 2.35 bits per heavy atom. The molecule has 0 radical (unpaired) electrons. The fourth-order valence-corrected chi connectivity index (χ4v) is 2.22. The first-order valence-electron chi connectivity index (χ1n) is 5.50. The van der Waals surface area contributed by atoms with Crippen LogP contribution in [0.1, 0.15) is 6.92 Å². The molecule has 0 amide bonds. The molecule has 1 saturated heterocycles. The van der Waals surface area contributed by atoms with Crippen LogP contribution in [-0.4, -0.2) is 30.6 Å². The van der Waals surface area contributed by atoms with Gasteiger partial charge in [-0.25, -0.2) is 0 Å². The van der Waals surface area contributed by atoms with Crippen LogP contribution < -0.4 is 10.2 Å². The highest BCUT2D eigenvalue weighted by molar-refractivity contribution is 6.31. The molecule has 92 valence electrons. The largest absolute Gasteiger partial charge is 0.363 e. The normalized spacial score (nSPS) is 20.4. The molecule has 1 aliphatic rings. The molecule has 0 aliphatic carbocycles. The summed E-state index contributed by atoms with van der Waals surface area (Å²) < 4.78 is 0. The Hall–Kier alpha value is -1.33. The van der Waals surface area contributed by atoms with Crippen molar-refractivity contribution >= 4 is 23.0 Å². The molecular weight excluding hydrogens is 242 g/mol. The number of nitrogens with zero attached hydrogens (tertiary/aromatic N) is 2. The predicted molar refractivity (Wildman–Crippen MR) is 67.8 cm³/mol. The van der Waals surface area contributed by atoms with Crippen molar-refractivity contribution in [1.29, 1.82) is 0 Å². The van der Waals surface area contributed by atoms with Gasteiger partial charge < -0.3 is 10.2 Å². The molecule has 0 bridgehead atoms. The zero-order valence-corrected chi connectivity index (χ0v) is 10.3. The van der Waals surface area contributed by atoms with Crippen LogP contribution in [-0.2, 0) is 0 Å². The van der Waals surface area contributed by atoms with Gasteiger partial charge in [-0.3, -0.25) is 10.1 Å². The minimum absolute atomic E-state index is 0.114. The Kier molecular flexibility index (Phi) is 3.49. The lowest BCUT2D eigenvalue weighted by Gasteiger charge is -2.33. The first-order chi connectivity index (χ1) is 8.08. The van der Waals surface area contributed by atoms with Gasteiger partial charge in [0.1, 0.15) is 5.69 Å². The van der Waals surface area contributed by atoms with Gasteiger partial charge in [0.15, 0.2) is 0 Å². The van der Waals surface area contributed by atoms with Gasteiger partial charge in [0.2, 0.25) is 0 Å². The highest BCUT2D eigenvalue weighted by Gasteiger charge is 2.23. The minimum Gasteiger partial charge on any atom is -0.363 e. The van der Waals surface area contributed by atoms with E-state index in [4.69, 9.17) is 11.6 Å². The maximum Gasteiger partial charge on any atom is 0.292 e. The van der Waals surface area contributed by atoms with Gasteiger partial charge in [0.05, 0.1) is 4.92 Å². The van der Waals surface area contributed by atoms with Crippen molar-refractivity contribution in [2.24, 2.45) is 0 Å². The van der Waals surface area contributed by atoms with Gasteiger partial charge in [-0.1, -0.05) is 11.6 Å². The Morgan fingerprint density at radius 1 is 1.59 bits per heavy atom. The van der Waals surface area contributed by atoms with E-state index in [0.717, 1.165) is 19.6 Å². The second-order valence-electron chi connectivity index (χ2n) is 4.19. The fourth-order valence-electron chi connectivity index (χ4n) is 2.06. The number of piperazine rings is 1. The molecule has 0 aromatic heterocycles. The standard InChI is InChI=1S/C11H14ClN3O2/c1-8-7-14(5-4-13-8)11-6-9(12)2-3-10(11)15(16)17/h2-3,6,8,13H,4-5,7H2,1H3/t8-/m1/s1. The quantitative estimate of drug-likeness (QED) is 0.649. The summed E-state index contributed by atoms with van der Waals surface area (Å²) in [5.41, 5.74) is 0.722. The summed E-state index contributed by atoms with van der Waals surface area (Å²) in [5, 5.41) is 14.8. The minimum atomic E-state index is -0.363. The van der Waals surface area contributed by atoms with E-state index in [1.807, 2.05) is 4.90 Å². The van der Waals surface area contributed by atoms with Crippen LogP contribution in [0, 0.1) is 10.1 Å². The summed E-state index contributed by atoms with van der Waals surface area (Å²) in [6.07, 6.45) is 0. The van der Waals surface area contributed by atoms with E-state index in [2.05, 4.69) is 12.2 Å². The molecule has 1 atom stereocenters. The van der Waals surface area contributed by atoms with Crippen molar-refractivity contribution in [3.63, 3.8) is 0 Å². The zero-order valence-electron chi connectivity index (χ0n) is 9.52. The summed E-state index contributed by atoms with van der Waals surface area (Å²) in [4.78, 5) is 12.6. The SMILES string of the molecule is C[C@@H]1CN(c2cc(Cl)ccc2[N+](=O)[O-])CCN1. The summed E-state index contributed by atoms with van der Waals surface area (Å²) in [6.45, 7) is 4.39. The number of nitro groups is 1. The van der Waals surface area contributed by atoms with Crippen LogP contribution in [0.3, 0.4) is 0 Å². The fraction of sp³-hybridized carbons (Fsp3) is 0.455. The van der Waals surface area contributed by atoms with E-state index >= 15 is 0 Å². The van der Waals surface area contributed by atoms with Crippen LogP contribution in [0.5, 0.6) is 0 Å². The van der Waals surface area contributed by atoms with Crippen molar-refractivity contribution in [3.8, 4) is 0 Å². The van der Waals surface area contributed by atoms with Crippen molar-refractivity contribution in [2.75, 3.05) is 24.5 Å². The number of nitrogens with one attached hydrogen (secondary N) is 1. The third-order valence-electron chi connectivity index (χ3n) is 2.84. The van der Waals surface area contributed by atoms with E-state index in [9.17, 15) is 10.1 Å². The molecule has 0 spiro atoms. The maximum atomic E-state index is 11.0. The summed E-state index contributed by atoms with van der Waals surface area (Å²) in [5.74, 6) is 0. The van der Waals surface area contributed by atoms with Crippen molar-refractivity contribution in [3.05, 3.63) is 33.3 Å². The smallest absolute Gasteiger partial charge is 0.292 e. The molecule has 0 unspecified atom stereocenters. The van der Waals surface area contributed by atoms with Crippen molar-refractivity contribution < 1.29 is 4.92 Å². The Morgan fingerprint density at radius 3 is 3.00 bits per heavy atom. The number of rotatable bonds is 2. The molecule has 0 saturated carbocycles. The topological polar surface area (TPSA) is 58.4 Å². The van der Waals surface area contributed by atoms with Gasteiger partial charge in [-0.15, -0.1) is 0 Å². The lowest BCUT2D eigenvalue weighted by Crippen LogP contribution is -2.49. The number of halogens is 1. The zero-order chi connectivity index (χ0) is 12.4. The van der Waals surface area contributed by atoms with Gasteiger partial charge in [-0.05, 0) is 19.1 Å². The highest BCUT2D eigenvalue weighted by atomic mass is 35.5. The second kappa shape index (κ2) is 4.89. The van der Waals surface area contributed by atoms with Gasteiger partial charge in [0, 0.05) is 36.8 Å². The van der Waals surface area contributed by atoms with E-state index < -0.39 is 0 Å². The Bertz CT molecular complexity index is 439. The maximum absolute atomic E-state index is 11.0. The van der Waals surface area contributed by atoms with E-state index in [-0.39, 0.29) is 10.6 Å². The Balaban J connectivity index is 2.35. The molecule has 1 aromatic rings. The molecule has 1 heterocycles. The number of anilines is 1. The second-order valence-corrected chi connectivity index (χ2v) is 4.63. The first-order valence-corrected chi connectivity index (χ1v) is 5.88. The van der Waals surface area contributed by atoms with E-state index in [1.165, 1.54) is 6.07 Å². The first kappa shape index (κ1) is 12.1. The number of nitro benzene ring substituents is 1. The van der Waals surface area contributed by atoms with Crippen LogP contribution >= 0.6 is 11.6 Å². The van der Waals surface area contributed by atoms with Crippen LogP contribution in [0.4, 0.5) is 11.4 Å². The average Bonchev–Trinajstić information content (AvgIpc) is 2.28. The Labute approximate surface area is 105 Å². The molecule has 1 aromatic carbocycles. The molecule has 6 heteroatoms. The van der Waals surface area contributed by atoms with Crippen LogP contribution in [0.2, 0.25) is 5.02 Å². The van der Waals surface area contributed by atoms with Gasteiger partial charge in [0.25, 0.3) is 5.69 Å². The lowest BCUT2D eigenvalue weighted by atomic mass is 10.2. The summed E-state index contributed by atoms with van der Waals surface area (Å²) >= 11 is 5.91. The van der Waals surface area contributed by atoms with Crippen LogP contribution in [0.15, 0.2) is 18.2 Å². The molecular formula is C11H14ClN3O2. The molecule has 1 N–H and O–H groups in total. The van der Waals surface area contributed by atoms with Crippen molar-refractivity contribution in [1.82, 2.24) is 5.32 Å². The number of hydrogen-bond donors (Lipinski definition) is 1. The third-order valence-corrected chi connectivity index (χ3v) is 3.08. The van der Waals surface area contributed by atoms with E-state index in [1.54, 1.807) is 12.1 Å². The van der Waals surface area contributed by atoms with Crippen LogP contribution in [0.25, 0.3) is 0 Å². The highest BCUT2D eigenvalue weighted by Crippen LogP contribution is 2.31. The molecule has 1 aliphatic heterocycles. The van der Waals surface area contributed by atoms with Gasteiger partial charge in [-0.2, -0.15) is 0 Å². The molecule has 1 fully saturated rings. The third kappa shape index (κ3) is 2.68.